The number of thiazole rings is 1. The van der Waals surface area contributed by atoms with Crippen LogP contribution in [0.3, 0.4) is 0 Å². The van der Waals surface area contributed by atoms with Crippen LogP contribution < -0.4 is 5.32 Å². The second-order valence-corrected chi connectivity index (χ2v) is 8.31. The molecule has 1 N–H and O–H groups in total. The monoisotopic (exact) mass is 413 g/mol. The molecule has 7 heteroatoms. The Hall–Kier alpha value is -3.58. The number of fused-ring (bicyclic) bond motifs is 2. The number of benzene rings is 2. The Morgan fingerprint density at radius 3 is 2.67 bits per heavy atom. The van der Waals surface area contributed by atoms with Gasteiger partial charge in [0.2, 0.25) is 0 Å². The van der Waals surface area contributed by atoms with E-state index in [-0.39, 0.29) is 5.91 Å². The number of pyridine rings is 1. The molecule has 0 saturated carbocycles. The molecule has 0 aliphatic carbocycles. The number of carbonyl (C=O) groups is 1. The number of hydrogen-bond acceptors (Lipinski definition) is 5. The average molecular weight is 414 g/mol. The fourth-order valence-corrected chi connectivity index (χ4v) is 4.46. The Balaban J connectivity index is 1.59. The normalized spacial score (nSPS) is 11.3. The fraction of sp³-hybridized carbons (Fsp3) is 0.130. The molecule has 0 unspecified atom stereocenters. The number of para-hydroxylation sites is 1. The van der Waals surface area contributed by atoms with Crippen LogP contribution in [0.25, 0.3) is 32.4 Å². The summed E-state index contributed by atoms with van der Waals surface area (Å²) in [6.45, 7) is 4.03. The molecule has 0 aliphatic heterocycles. The van der Waals surface area contributed by atoms with Crippen LogP contribution in [-0.2, 0) is 7.05 Å². The van der Waals surface area contributed by atoms with E-state index in [4.69, 9.17) is 4.98 Å². The van der Waals surface area contributed by atoms with E-state index < -0.39 is 0 Å². The number of aryl methyl sites for hydroxylation is 2. The maximum atomic E-state index is 13.3. The van der Waals surface area contributed by atoms with Crippen LogP contribution >= 0.6 is 11.3 Å². The summed E-state index contributed by atoms with van der Waals surface area (Å²) < 4.78 is 2.85. The summed E-state index contributed by atoms with van der Waals surface area (Å²) in [4.78, 5) is 22.6. The molecule has 5 aromatic rings. The van der Waals surface area contributed by atoms with Crippen molar-refractivity contribution in [1.82, 2.24) is 19.7 Å². The van der Waals surface area contributed by atoms with Crippen molar-refractivity contribution < 1.29 is 4.79 Å². The lowest BCUT2D eigenvalue weighted by atomic mass is 10.0. The van der Waals surface area contributed by atoms with Crippen molar-refractivity contribution in [1.29, 1.82) is 0 Å². The fourth-order valence-electron chi connectivity index (χ4n) is 3.50. The van der Waals surface area contributed by atoms with Crippen LogP contribution in [0.1, 0.15) is 21.6 Å². The minimum Gasteiger partial charge on any atom is -0.298 e. The third-order valence-electron chi connectivity index (χ3n) is 5.24. The van der Waals surface area contributed by atoms with Crippen LogP contribution in [0.15, 0.2) is 54.7 Å². The summed E-state index contributed by atoms with van der Waals surface area (Å²) in [5.74, 6) is -0.202. The predicted octanol–water partition coefficient (Wildman–Crippen LogP) is 5.11. The van der Waals surface area contributed by atoms with Gasteiger partial charge in [-0.05, 0) is 43.7 Å². The maximum Gasteiger partial charge on any atom is 0.258 e. The Labute approximate surface area is 177 Å². The summed E-state index contributed by atoms with van der Waals surface area (Å²) in [5.41, 5.74) is 6.01. The second kappa shape index (κ2) is 7.03. The number of amides is 1. The van der Waals surface area contributed by atoms with E-state index in [0.29, 0.717) is 10.7 Å². The largest absolute Gasteiger partial charge is 0.298 e. The Morgan fingerprint density at radius 1 is 1.03 bits per heavy atom. The topological polar surface area (TPSA) is 72.7 Å². The van der Waals surface area contributed by atoms with Crippen molar-refractivity contribution in [3.05, 3.63) is 71.5 Å². The third kappa shape index (κ3) is 3.13. The van der Waals surface area contributed by atoms with E-state index in [0.717, 1.165) is 38.1 Å². The quantitative estimate of drug-likeness (QED) is 0.446. The number of anilines is 1. The Kier molecular flexibility index (Phi) is 4.33. The van der Waals surface area contributed by atoms with Crippen molar-refractivity contribution in [3.63, 3.8) is 0 Å². The number of carbonyl (C=O) groups excluding carboxylic acids is 1. The molecule has 30 heavy (non-hydrogen) atoms. The van der Waals surface area contributed by atoms with Crippen molar-refractivity contribution in [3.8, 4) is 11.3 Å². The van der Waals surface area contributed by atoms with Crippen molar-refractivity contribution >= 4 is 43.5 Å². The molecule has 0 aliphatic rings. The van der Waals surface area contributed by atoms with E-state index >= 15 is 0 Å². The highest BCUT2D eigenvalue weighted by molar-refractivity contribution is 7.22. The number of nitrogens with one attached hydrogen (secondary N) is 1. The van der Waals surface area contributed by atoms with Crippen molar-refractivity contribution in [2.45, 2.75) is 13.8 Å². The standard InChI is InChI=1S/C23H19N5OS/c1-13-8-9-19-21(10-13)30-23(26-19)27-22(29)16-11-20(17-12-24-28(3)14(17)2)25-18-7-5-4-6-15(16)18/h4-12H,1-3H3,(H,26,27,29). The molecule has 0 radical (unpaired) electrons. The van der Waals surface area contributed by atoms with E-state index in [9.17, 15) is 4.79 Å². The first-order valence-electron chi connectivity index (χ1n) is 9.57. The van der Waals surface area contributed by atoms with E-state index in [1.165, 1.54) is 16.9 Å². The van der Waals surface area contributed by atoms with Gasteiger partial charge in [-0.2, -0.15) is 5.10 Å². The highest BCUT2D eigenvalue weighted by Crippen LogP contribution is 2.30. The van der Waals surface area contributed by atoms with Gasteiger partial charge in [0.05, 0.1) is 33.2 Å². The molecule has 6 nitrogen and oxygen atoms in total. The average Bonchev–Trinajstić information content (AvgIpc) is 3.29. The molecule has 0 atom stereocenters. The van der Waals surface area contributed by atoms with E-state index in [2.05, 4.69) is 21.5 Å². The van der Waals surface area contributed by atoms with E-state index in [1.54, 1.807) is 10.9 Å². The minimum absolute atomic E-state index is 0.202. The van der Waals surface area contributed by atoms with Gasteiger partial charge >= 0.3 is 0 Å². The van der Waals surface area contributed by atoms with Crippen LogP contribution in [0, 0.1) is 13.8 Å². The van der Waals surface area contributed by atoms with Gasteiger partial charge in [0.1, 0.15) is 0 Å². The van der Waals surface area contributed by atoms with Gasteiger partial charge in [-0.25, -0.2) is 9.97 Å². The lowest BCUT2D eigenvalue weighted by molar-refractivity contribution is 0.102. The molecular formula is C23H19N5OS. The van der Waals surface area contributed by atoms with Gasteiger partial charge < -0.3 is 0 Å². The molecule has 2 aromatic carbocycles. The Bertz CT molecular complexity index is 1430. The molecule has 1 amide bonds. The zero-order chi connectivity index (χ0) is 20.8. The first-order valence-corrected chi connectivity index (χ1v) is 10.4. The first kappa shape index (κ1) is 18.4. The molecule has 3 aromatic heterocycles. The molecule has 5 rings (SSSR count). The second-order valence-electron chi connectivity index (χ2n) is 7.28. The zero-order valence-electron chi connectivity index (χ0n) is 16.8. The summed E-state index contributed by atoms with van der Waals surface area (Å²) in [5, 5.41) is 8.68. The number of rotatable bonds is 3. The molecule has 3 heterocycles. The maximum absolute atomic E-state index is 13.3. The smallest absolute Gasteiger partial charge is 0.258 e. The van der Waals surface area contributed by atoms with Crippen LogP contribution in [0.4, 0.5) is 5.13 Å². The summed E-state index contributed by atoms with van der Waals surface area (Å²) in [7, 11) is 1.89. The van der Waals surface area contributed by atoms with Crippen molar-refractivity contribution in [2.75, 3.05) is 5.32 Å². The van der Waals surface area contributed by atoms with Gasteiger partial charge in [-0.15, -0.1) is 0 Å². The third-order valence-corrected chi connectivity index (χ3v) is 6.17. The summed E-state index contributed by atoms with van der Waals surface area (Å²) in [6, 6.07) is 15.6. The van der Waals surface area contributed by atoms with Crippen molar-refractivity contribution in [2.24, 2.45) is 7.05 Å². The van der Waals surface area contributed by atoms with E-state index in [1.807, 2.05) is 63.4 Å². The zero-order valence-corrected chi connectivity index (χ0v) is 17.6. The van der Waals surface area contributed by atoms with Gasteiger partial charge in [-0.3, -0.25) is 14.8 Å². The summed E-state index contributed by atoms with van der Waals surface area (Å²) in [6.07, 6.45) is 1.78. The lowest BCUT2D eigenvalue weighted by Crippen LogP contribution is -2.13. The minimum atomic E-state index is -0.202. The predicted molar refractivity (Wildman–Crippen MR) is 121 cm³/mol. The first-order chi connectivity index (χ1) is 14.5. The lowest BCUT2D eigenvalue weighted by Gasteiger charge is -2.09. The molecule has 0 fully saturated rings. The van der Waals surface area contributed by atoms with Crippen LogP contribution in [0.2, 0.25) is 0 Å². The number of hydrogen-bond donors (Lipinski definition) is 1. The SMILES string of the molecule is Cc1ccc2nc(NC(=O)c3cc(-c4cnn(C)c4C)nc4ccccc34)sc2c1. The molecule has 0 spiro atoms. The number of nitrogens with zero attached hydrogens (tertiary/aromatic N) is 4. The highest BCUT2D eigenvalue weighted by Gasteiger charge is 2.17. The highest BCUT2D eigenvalue weighted by atomic mass is 32.1. The van der Waals surface area contributed by atoms with Crippen LogP contribution in [-0.4, -0.2) is 25.7 Å². The summed E-state index contributed by atoms with van der Waals surface area (Å²) >= 11 is 1.47. The number of aromatic nitrogens is 4. The molecule has 0 bridgehead atoms. The molecule has 0 saturated heterocycles. The van der Waals surface area contributed by atoms with Gasteiger partial charge in [-0.1, -0.05) is 35.6 Å². The van der Waals surface area contributed by atoms with Gasteiger partial charge in [0.25, 0.3) is 5.91 Å². The van der Waals surface area contributed by atoms with Gasteiger partial charge in [0, 0.05) is 23.7 Å². The van der Waals surface area contributed by atoms with Crippen LogP contribution in [0.5, 0.6) is 0 Å². The molecule has 148 valence electrons. The Morgan fingerprint density at radius 2 is 1.87 bits per heavy atom. The molecular weight excluding hydrogens is 394 g/mol. The van der Waals surface area contributed by atoms with Gasteiger partial charge in [0.15, 0.2) is 5.13 Å².